The molecule has 0 unspecified atom stereocenters. The van der Waals surface area contributed by atoms with Crippen molar-refractivity contribution in [3.8, 4) is 0 Å². The van der Waals surface area contributed by atoms with Gasteiger partial charge in [-0.25, -0.2) is 9.97 Å². The van der Waals surface area contributed by atoms with Gasteiger partial charge in [0.25, 0.3) is 0 Å². The van der Waals surface area contributed by atoms with Crippen LogP contribution in [-0.4, -0.2) is 35.3 Å². The lowest BCUT2D eigenvalue weighted by atomic mass is 9.92. The standard InChI is InChI=1S/C15H26N4O/c1-4-8-16-13-12(5-2)14(18-11-17-13)19-15(3)6-9-20-10-7-15/h11H,4-10H2,1-3H3,(H2,16,17,18,19). The van der Waals surface area contributed by atoms with Gasteiger partial charge in [0.05, 0.1) is 0 Å². The zero-order valence-corrected chi connectivity index (χ0v) is 12.8. The lowest BCUT2D eigenvalue weighted by Crippen LogP contribution is -2.41. The highest BCUT2D eigenvalue weighted by molar-refractivity contribution is 5.58. The highest BCUT2D eigenvalue weighted by atomic mass is 16.5. The third-order valence-corrected chi connectivity index (χ3v) is 3.86. The number of ether oxygens (including phenoxy) is 1. The summed E-state index contributed by atoms with van der Waals surface area (Å²) in [6, 6.07) is 0. The molecule has 1 saturated heterocycles. The Morgan fingerprint density at radius 2 is 1.90 bits per heavy atom. The Bertz CT molecular complexity index is 430. The molecule has 0 aromatic carbocycles. The topological polar surface area (TPSA) is 59.1 Å². The van der Waals surface area contributed by atoms with Crippen LogP contribution in [0.2, 0.25) is 0 Å². The summed E-state index contributed by atoms with van der Waals surface area (Å²) in [5, 5.41) is 7.01. The monoisotopic (exact) mass is 278 g/mol. The number of rotatable bonds is 6. The van der Waals surface area contributed by atoms with Crippen LogP contribution in [0.5, 0.6) is 0 Å². The summed E-state index contributed by atoms with van der Waals surface area (Å²) < 4.78 is 5.45. The van der Waals surface area contributed by atoms with Crippen LogP contribution in [-0.2, 0) is 11.2 Å². The quantitative estimate of drug-likeness (QED) is 0.838. The average Bonchev–Trinajstić information content (AvgIpc) is 2.45. The Labute approximate surface area is 121 Å². The second kappa shape index (κ2) is 6.88. The molecule has 0 atom stereocenters. The Balaban J connectivity index is 2.17. The van der Waals surface area contributed by atoms with Crippen LogP contribution < -0.4 is 10.6 Å². The molecule has 0 aliphatic carbocycles. The van der Waals surface area contributed by atoms with E-state index in [9.17, 15) is 0 Å². The number of anilines is 2. The molecule has 0 spiro atoms. The minimum atomic E-state index is 0.0680. The molecule has 5 heteroatoms. The maximum Gasteiger partial charge on any atom is 0.135 e. The molecule has 0 bridgehead atoms. The van der Waals surface area contributed by atoms with Gasteiger partial charge >= 0.3 is 0 Å². The van der Waals surface area contributed by atoms with Crippen molar-refractivity contribution in [2.24, 2.45) is 0 Å². The normalized spacial score (nSPS) is 17.8. The summed E-state index contributed by atoms with van der Waals surface area (Å²) >= 11 is 0. The maximum absolute atomic E-state index is 5.45. The molecular weight excluding hydrogens is 252 g/mol. The van der Waals surface area contributed by atoms with E-state index >= 15 is 0 Å². The first-order valence-electron chi connectivity index (χ1n) is 7.62. The van der Waals surface area contributed by atoms with E-state index in [4.69, 9.17) is 4.74 Å². The molecule has 0 radical (unpaired) electrons. The summed E-state index contributed by atoms with van der Waals surface area (Å²) in [5.41, 5.74) is 1.24. The van der Waals surface area contributed by atoms with E-state index in [1.807, 2.05) is 0 Å². The maximum atomic E-state index is 5.45. The van der Waals surface area contributed by atoms with Crippen LogP contribution in [0.4, 0.5) is 11.6 Å². The number of hydrogen-bond acceptors (Lipinski definition) is 5. The summed E-state index contributed by atoms with van der Waals surface area (Å²) in [5.74, 6) is 1.92. The third-order valence-electron chi connectivity index (χ3n) is 3.86. The molecule has 1 aromatic rings. The van der Waals surface area contributed by atoms with Crippen molar-refractivity contribution in [3.63, 3.8) is 0 Å². The van der Waals surface area contributed by atoms with Crippen LogP contribution in [0.15, 0.2) is 6.33 Å². The van der Waals surface area contributed by atoms with E-state index in [0.29, 0.717) is 0 Å². The molecule has 20 heavy (non-hydrogen) atoms. The van der Waals surface area contributed by atoms with Gasteiger partial charge in [-0.3, -0.25) is 0 Å². The fraction of sp³-hybridized carbons (Fsp3) is 0.733. The van der Waals surface area contributed by atoms with Gasteiger partial charge in [0.15, 0.2) is 0 Å². The number of nitrogens with one attached hydrogen (secondary N) is 2. The SMILES string of the molecule is CCCNc1ncnc(NC2(C)CCOCC2)c1CC. The molecule has 0 amide bonds. The van der Waals surface area contributed by atoms with E-state index < -0.39 is 0 Å². The highest BCUT2D eigenvalue weighted by Crippen LogP contribution is 2.28. The lowest BCUT2D eigenvalue weighted by Gasteiger charge is -2.35. The van der Waals surface area contributed by atoms with Crippen LogP contribution in [0, 0.1) is 0 Å². The molecule has 112 valence electrons. The molecule has 1 aromatic heterocycles. The lowest BCUT2D eigenvalue weighted by molar-refractivity contribution is 0.0657. The number of aromatic nitrogens is 2. The summed E-state index contributed by atoms with van der Waals surface area (Å²) in [4.78, 5) is 8.83. The van der Waals surface area contributed by atoms with Crippen molar-refractivity contribution < 1.29 is 4.74 Å². The average molecular weight is 278 g/mol. The molecule has 2 N–H and O–H groups in total. The Hall–Kier alpha value is -1.36. The molecule has 0 saturated carbocycles. The molecule has 1 aliphatic rings. The molecule has 2 rings (SSSR count). The minimum absolute atomic E-state index is 0.0680. The summed E-state index contributed by atoms with van der Waals surface area (Å²) in [7, 11) is 0. The Morgan fingerprint density at radius 3 is 2.55 bits per heavy atom. The Kier molecular flexibility index (Phi) is 5.17. The van der Waals surface area contributed by atoms with Crippen LogP contribution in [0.3, 0.4) is 0 Å². The van der Waals surface area contributed by atoms with Gasteiger partial charge < -0.3 is 15.4 Å². The van der Waals surface area contributed by atoms with E-state index in [2.05, 4.69) is 41.4 Å². The van der Waals surface area contributed by atoms with Crippen molar-refractivity contribution in [1.29, 1.82) is 0 Å². The largest absolute Gasteiger partial charge is 0.381 e. The second-order valence-electron chi connectivity index (χ2n) is 5.63. The van der Waals surface area contributed by atoms with Gasteiger partial charge in [-0.15, -0.1) is 0 Å². The molecule has 2 heterocycles. The van der Waals surface area contributed by atoms with Crippen molar-refractivity contribution in [2.45, 2.75) is 52.0 Å². The second-order valence-corrected chi connectivity index (χ2v) is 5.63. The number of nitrogens with zero attached hydrogens (tertiary/aromatic N) is 2. The zero-order chi connectivity index (χ0) is 14.4. The van der Waals surface area contributed by atoms with Gasteiger partial charge in [-0.1, -0.05) is 13.8 Å². The summed E-state index contributed by atoms with van der Waals surface area (Å²) in [6.07, 6.45) is 5.67. The molecular formula is C15H26N4O. The summed E-state index contributed by atoms with van der Waals surface area (Å²) in [6.45, 7) is 9.12. The highest BCUT2D eigenvalue weighted by Gasteiger charge is 2.28. The van der Waals surface area contributed by atoms with Gasteiger partial charge in [0.1, 0.15) is 18.0 Å². The molecule has 5 nitrogen and oxygen atoms in total. The van der Waals surface area contributed by atoms with Crippen molar-refractivity contribution in [3.05, 3.63) is 11.9 Å². The van der Waals surface area contributed by atoms with Crippen molar-refractivity contribution in [2.75, 3.05) is 30.4 Å². The fourth-order valence-corrected chi connectivity index (χ4v) is 2.48. The molecule has 1 fully saturated rings. The minimum Gasteiger partial charge on any atom is -0.381 e. The van der Waals surface area contributed by atoms with E-state index in [1.54, 1.807) is 6.33 Å². The zero-order valence-electron chi connectivity index (χ0n) is 12.8. The van der Waals surface area contributed by atoms with E-state index in [0.717, 1.165) is 57.1 Å². The van der Waals surface area contributed by atoms with Crippen molar-refractivity contribution in [1.82, 2.24) is 9.97 Å². The molecule has 1 aliphatic heterocycles. The first-order chi connectivity index (χ1) is 9.68. The van der Waals surface area contributed by atoms with Gasteiger partial charge in [0, 0.05) is 30.9 Å². The van der Waals surface area contributed by atoms with Gasteiger partial charge in [0.2, 0.25) is 0 Å². The number of hydrogen-bond donors (Lipinski definition) is 2. The third kappa shape index (κ3) is 3.60. The predicted molar refractivity (Wildman–Crippen MR) is 82.3 cm³/mol. The fourth-order valence-electron chi connectivity index (χ4n) is 2.48. The smallest absolute Gasteiger partial charge is 0.135 e. The van der Waals surface area contributed by atoms with Gasteiger partial charge in [-0.2, -0.15) is 0 Å². The first kappa shape index (κ1) is 15.0. The van der Waals surface area contributed by atoms with Gasteiger partial charge in [-0.05, 0) is 32.6 Å². The Morgan fingerprint density at radius 1 is 1.20 bits per heavy atom. The van der Waals surface area contributed by atoms with Crippen molar-refractivity contribution >= 4 is 11.6 Å². The first-order valence-corrected chi connectivity index (χ1v) is 7.62. The predicted octanol–water partition coefficient (Wildman–Crippen LogP) is 2.84. The van der Waals surface area contributed by atoms with Crippen LogP contribution in [0.1, 0.15) is 45.6 Å². The van der Waals surface area contributed by atoms with Crippen LogP contribution in [0.25, 0.3) is 0 Å². The van der Waals surface area contributed by atoms with E-state index in [1.165, 1.54) is 5.56 Å². The van der Waals surface area contributed by atoms with E-state index in [-0.39, 0.29) is 5.54 Å². The van der Waals surface area contributed by atoms with Crippen LogP contribution >= 0.6 is 0 Å².